The summed E-state index contributed by atoms with van der Waals surface area (Å²) in [5.41, 5.74) is 5.51. The molecule has 5 heteroatoms. The van der Waals surface area contributed by atoms with Crippen LogP contribution in [-0.2, 0) is 11.2 Å². The van der Waals surface area contributed by atoms with Crippen LogP contribution in [0.4, 0.5) is 0 Å². The first-order valence-electron chi connectivity index (χ1n) is 5.38. The molecule has 0 spiro atoms. The summed E-state index contributed by atoms with van der Waals surface area (Å²) < 4.78 is 10.3. The Kier molecular flexibility index (Phi) is 5.28. The van der Waals surface area contributed by atoms with E-state index < -0.39 is 0 Å². The molecule has 0 bridgehead atoms. The molecule has 0 radical (unpaired) electrons. The van der Waals surface area contributed by atoms with Crippen molar-refractivity contribution in [2.24, 2.45) is 5.73 Å². The van der Waals surface area contributed by atoms with Gasteiger partial charge in [-0.2, -0.15) is 4.98 Å². The number of rotatable bonds is 7. The molecule has 0 amide bonds. The second kappa shape index (κ2) is 6.53. The molecule has 86 valence electrons. The molecule has 1 rings (SSSR count). The van der Waals surface area contributed by atoms with Gasteiger partial charge in [0, 0.05) is 32.1 Å². The van der Waals surface area contributed by atoms with Crippen molar-refractivity contribution in [2.75, 3.05) is 19.8 Å². The van der Waals surface area contributed by atoms with Crippen molar-refractivity contribution in [3.05, 3.63) is 11.7 Å². The van der Waals surface area contributed by atoms with Crippen LogP contribution < -0.4 is 5.73 Å². The molecule has 0 aliphatic rings. The molecule has 0 fully saturated rings. The van der Waals surface area contributed by atoms with E-state index in [9.17, 15) is 0 Å². The SMILES string of the molecule is CCOCCCc1nc(C(C)CN)no1. The van der Waals surface area contributed by atoms with Gasteiger partial charge in [0.05, 0.1) is 0 Å². The summed E-state index contributed by atoms with van der Waals surface area (Å²) >= 11 is 0. The molecule has 1 heterocycles. The number of nitrogens with two attached hydrogens (primary N) is 1. The summed E-state index contributed by atoms with van der Waals surface area (Å²) in [6.45, 7) is 5.99. The first-order chi connectivity index (χ1) is 7.27. The molecule has 1 aromatic rings. The third kappa shape index (κ3) is 3.97. The lowest BCUT2D eigenvalue weighted by molar-refractivity contribution is 0.143. The van der Waals surface area contributed by atoms with Gasteiger partial charge in [0.15, 0.2) is 5.82 Å². The molecule has 1 unspecified atom stereocenters. The monoisotopic (exact) mass is 213 g/mol. The number of aryl methyl sites for hydroxylation is 1. The van der Waals surface area contributed by atoms with Crippen molar-refractivity contribution in [2.45, 2.75) is 32.6 Å². The van der Waals surface area contributed by atoms with Crippen molar-refractivity contribution in [1.29, 1.82) is 0 Å². The van der Waals surface area contributed by atoms with Gasteiger partial charge in [-0.25, -0.2) is 0 Å². The van der Waals surface area contributed by atoms with E-state index in [0.717, 1.165) is 26.1 Å². The predicted octanol–water partition coefficient (Wildman–Crippen LogP) is 1.10. The first kappa shape index (κ1) is 12.1. The highest BCUT2D eigenvalue weighted by molar-refractivity contribution is 4.94. The number of nitrogens with zero attached hydrogens (tertiary/aromatic N) is 2. The van der Waals surface area contributed by atoms with E-state index in [0.29, 0.717) is 18.3 Å². The van der Waals surface area contributed by atoms with E-state index in [1.165, 1.54) is 0 Å². The lowest BCUT2D eigenvalue weighted by Gasteiger charge is -1.99. The maximum Gasteiger partial charge on any atom is 0.226 e. The molecule has 1 atom stereocenters. The van der Waals surface area contributed by atoms with Gasteiger partial charge in [-0.15, -0.1) is 0 Å². The van der Waals surface area contributed by atoms with Crippen LogP contribution in [0.3, 0.4) is 0 Å². The Bertz CT molecular complexity index is 275. The molecule has 0 saturated carbocycles. The Morgan fingerprint density at radius 3 is 3.00 bits per heavy atom. The highest BCUT2D eigenvalue weighted by Gasteiger charge is 2.11. The van der Waals surface area contributed by atoms with Gasteiger partial charge < -0.3 is 15.0 Å². The van der Waals surface area contributed by atoms with Crippen molar-refractivity contribution >= 4 is 0 Å². The third-order valence-electron chi connectivity index (χ3n) is 2.16. The third-order valence-corrected chi connectivity index (χ3v) is 2.16. The average Bonchev–Trinajstić information content (AvgIpc) is 2.72. The van der Waals surface area contributed by atoms with Crippen LogP contribution in [0, 0.1) is 0 Å². The predicted molar refractivity (Wildman–Crippen MR) is 56.6 cm³/mol. The van der Waals surface area contributed by atoms with E-state index >= 15 is 0 Å². The number of aromatic nitrogens is 2. The second-order valence-electron chi connectivity index (χ2n) is 3.48. The van der Waals surface area contributed by atoms with Gasteiger partial charge >= 0.3 is 0 Å². The van der Waals surface area contributed by atoms with Crippen LogP contribution in [0.5, 0.6) is 0 Å². The number of hydrogen-bond donors (Lipinski definition) is 1. The van der Waals surface area contributed by atoms with Gasteiger partial charge in [0.1, 0.15) is 0 Å². The lowest BCUT2D eigenvalue weighted by Crippen LogP contribution is -2.10. The van der Waals surface area contributed by atoms with E-state index in [1.54, 1.807) is 0 Å². The Labute approximate surface area is 90.0 Å². The van der Waals surface area contributed by atoms with Crippen molar-refractivity contribution in [3.8, 4) is 0 Å². The minimum absolute atomic E-state index is 0.161. The summed E-state index contributed by atoms with van der Waals surface area (Å²) in [6.07, 6.45) is 1.68. The highest BCUT2D eigenvalue weighted by atomic mass is 16.5. The van der Waals surface area contributed by atoms with Gasteiger partial charge in [-0.05, 0) is 13.3 Å². The van der Waals surface area contributed by atoms with Crippen LogP contribution in [0.2, 0.25) is 0 Å². The van der Waals surface area contributed by atoms with Crippen LogP contribution in [0.1, 0.15) is 37.9 Å². The molecule has 5 nitrogen and oxygen atoms in total. The standard InChI is InChI=1S/C10H19N3O2/c1-3-14-6-4-5-9-12-10(13-15-9)8(2)7-11/h8H,3-7,11H2,1-2H3. The van der Waals surface area contributed by atoms with Gasteiger partial charge in [-0.1, -0.05) is 12.1 Å². The second-order valence-corrected chi connectivity index (χ2v) is 3.48. The Morgan fingerprint density at radius 2 is 2.33 bits per heavy atom. The molecule has 2 N–H and O–H groups in total. The summed E-state index contributed by atoms with van der Waals surface area (Å²) in [7, 11) is 0. The summed E-state index contributed by atoms with van der Waals surface area (Å²) in [4.78, 5) is 4.27. The van der Waals surface area contributed by atoms with Crippen molar-refractivity contribution in [1.82, 2.24) is 10.1 Å². The fourth-order valence-corrected chi connectivity index (χ4v) is 1.14. The minimum atomic E-state index is 0.161. The largest absolute Gasteiger partial charge is 0.382 e. The van der Waals surface area contributed by atoms with Gasteiger partial charge in [-0.3, -0.25) is 0 Å². The Balaban J connectivity index is 2.33. The maximum atomic E-state index is 5.51. The van der Waals surface area contributed by atoms with Crippen molar-refractivity contribution in [3.63, 3.8) is 0 Å². The Hall–Kier alpha value is -0.940. The zero-order valence-corrected chi connectivity index (χ0v) is 9.40. The normalized spacial score (nSPS) is 13.0. The van der Waals surface area contributed by atoms with E-state index in [2.05, 4.69) is 10.1 Å². The van der Waals surface area contributed by atoms with Gasteiger partial charge in [0.25, 0.3) is 0 Å². The maximum absolute atomic E-state index is 5.51. The van der Waals surface area contributed by atoms with E-state index in [1.807, 2.05) is 13.8 Å². The van der Waals surface area contributed by atoms with E-state index in [4.69, 9.17) is 15.0 Å². The topological polar surface area (TPSA) is 74.2 Å². The van der Waals surface area contributed by atoms with Crippen LogP contribution >= 0.6 is 0 Å². The zero-order valence-electron chi connectivity index (χ0n) is 9.40. The number of ether oxygens (including phenoxy) is 1. The molecule has 0 aromatic carbocycles. The molecule has 0 saturated heterocycles. The molecule has 1 aromatic heterocycles. The van der Waals surface area contributed by atoms with Crippen molar-refractivity contribution < 1.29 is 9.26 Å². The molecule has 15 heavy (non-hydrogen) atoms. The first-order valence-corrected chi connectivity index (χ1v) is 5.38. The van der Waals surface area contributed by atoms with Crippen LogP contribution in [-0.4, -0.2) is 29.9 Å². The summed E-state index contributed by atoms with van der Waals surface area (Å²) in [5, 5.41) is 3.88. The molecule has 0 aliphatic heterocycles. The smallest absolute Gasteiger partial charge is 0.226 e. The van der Waals surface area contributed by atoms with Crippen LogP contribution in [0.15, 0.2) is 4.52 Å². The highest BCUT2D eigenvalue weighted by Crippen LogP contribution is 2.10. The molecular formula is C10H19N3O2. The average molecular weight is 213 g/mol. The van der Waals surface area contributed by atoms with E-state index in [-0.39, 0.29) is 5.92 Å². The number of hydrogen-bond acceptors (Lipinski definition) is 5. The quantitative estimate of drug-likeness (QED) is 0.686. The fourth-order valence-electron chi connectivity index (χ4n) is 1.14. The van der Waals surface area contributed by atoms with Crippen LogP contribution in [0.25, 0.3) is 0 Å². The Morgan fingerprint density at radius 1 is 1.53 bits per heavy atom. The van der Waals surface area contributed by atoms with Gasteiger partial charge in [0.2, 0.25) is 5.89 Å². The lowest BCUT2D eigenvalue weighted by atomic mass is 10.2. The summed E-state index contributed by atoms with van der Waals surface area (Å²) in [6, 6.07) is 0. The molecule has 0 aliphatic carbocycles. The minimum Gasteiger partial charge on any atom is -0.382 e. The molecular weight excluding hydrogens is 194 g/mol. The fraction of sp³-hybridized carbons (Fsp3) is 0.800. The summed E-state index contributed by atoms with van der Waals surface area (Å²) in [5.74, 6) is 1.53. The zero-order chi connectivity index (χ0) is 11.1.